The number of hydrogen-bond donors (Lipinski definition) is 2. The smallest absolute Gasteiger partial charge is 0.312 e. The van der Waals surface area contributed by atoms with Gasteiger partial charge in [0.25, 0.3) is 21.2 Å². The lowest BCUT2D eigenvalue weighted by Gasteiger charge is -2.29. The fourth-order valence-electron chi connectivity index (χ4n) is 1.95. The summed E-state index contributed by atoms with van der Waals surface area (Å²) in [6, 6.07) is 7.73. The van der Waals surface area contributed by atoms with Crippen LogP contribution in [-0.4, -0.2) is 37.8 Å². The van der Waals surface area contributed by atoms with Gasteiger partial charge in [-0.15, -0.1) is 5.10 Å². The number of sulfonamides is 1. The molecular weight excluding hydrogens is 351 g/mol. The lowest BCUT2D eigenvalue weighted by molar-refractivity contribution is -0.211. The standard InChI is InChI=1S/C12H10F3N5O3S/c1-23-12(15)17-9(14)8(13)10-16-11(18-20(10)12)24(21,22)19-7-5-3-2-4-6-7/h2-6,19H,1H3,(H,16,18). The molecule has 2 N–H and O–H groups in total. The number of benzene rings is 1. The average molecular weight is 361 g/mol. The summed E-state index contributed by atoms with van der Waals surface area (Å²) < 4.78 is 72.6. The highest BCUT2D eigenvalue weighted by molar-refractivity contribution is 8.07. The van der Waals surface area contributed by atoms with Gasteiger partial charge in [-0.3, -0.25) is 4.72 Å². The molecule has 24 heavy (non-hydrogen) atoms. The minimum Gasteiger partial charge on any atom is -0.312 e. The number of fused-ring (bicyclic) bond motifs is 1. The third-order valence-corrected chi connectivity index (χ3v) is 4.25. The average Bonchev–Trinajstić information content (AvgIpc) is 3.01. The van der Waals surface area contributed by atoms with Crippen molar-refractivity contribution in [1.82, 2.24) is 10.3 Å². The highest BCUT2D eigenvalue weighted by atomic mass is 32.2. The number of hydrazone groups is 1. The van der Waals surface area contributed by atoms with E-state index in [0.29, 0.717) is 0 Å². The van der Waals surface area contributed by atoms with Gasteiger partial charge in [-0.2, -0.15) is 31.6 Å². The molecule has 0 aromatic heterocycles. The van der Waals surface area contributed by atoms with E-state index in [1.807, 2.05) is 5.32 Å². The molecule has 2 aliphatic rings. The number of nitrogens with zero attached hydrogens (tertiary/aromatic N) is 3. The summed E-state index contributed by atoms with van der Waals surface area (Å²) >= 11 is 0. The third-order valence-electron chi connectivity index (χ3n) is 3.05. The van der Waals surface area contributed by atoms with Gasteiger partial charge < -0.3 is 10.1 Å². The molecule has 3 rings (SSSR count). The normalized spacial score (nSPS) is 23.4. The number of ether oxygens (including phenoxy) is 1. The second-order valence-corrected chi connectivity index (χ2v) is 6.21. The molecule has 0 aliphatic carbocycles. The van der Waals surface area contributed by atoms with Gasteiger partial charge in [-0.25, -0.2) is 0 Å². The number of anilines is 1. The summed E-state index contributed by atoms with van der Waals surface area (Å²) in [5.74, 6) is -4.27. The summed E-state index contributed by atoms with van der Waals surface area (Å²) in [6.45, 7) is 0. The summed E-state index contributed by atoms with van der Waals surface area (Å²) in [7, 11) is -3.48. The Labute approximate surface area is 134 Å². The number of hydrogen-bond acceptors (Lipinski definition) is 7. The summed E-state index contributed by atoms with van der Waals surface area (Å²) in [5.41, 5.74) is 0.196. The fraction of sp³-hybridized carbons (Fsp3) is 0.167. The van der Waals surface area contributed by atoms with E-state index < -0.39 is 38.9 Å². The minimum absolute atomic E-state index is 0.158. The molecule has 0 spiro atoms. The first kappa shape index (κ1) is 16.3. The summed E-state index contributed by atoms with van der Waals surface area (Å²) in [4.78, 5) is 2.75. The van der Waals surface area contributed by atoms with Crippen LogP contribution in [0.5, 0.6) is 0 Å². The van der Waals surface area contributed by atoms with Gasteiger partial charge >= 0.3 is 6.10 Å². The lowest BCUT2D eigenvalue weighted by Crippen LogP contribution is -2.45. The topological polar surface area (TPSA) is 95.4 Å². The number of amidine groups is 1. The Kier molecular flexibility index (Phi) is 3.72. The van der Waals surface area contributed by atoms with Crippen LogP contribution in [0.4, 0.5) is 18.9 Å². The Morgan fingerprint density at radius 2 is 1.96 bits per heavy atom. The van der Waals surface area contributed by atoms with E-state index >= 15 is 0 Å². The van der Waals surface area contributed by atoms with Crippen molar-refractivity contribution in [2.75, 3.05) is 11.8 Å². The SMILES string of the molecule is COC1(F)N=C(F)C(F)=C2NC(S(=O)(=O)Nc3ccccc3)=NN21. The van der Waals surface area contributed by atoms with Crippen LogP contribution in [0.25, 0.3) is 0 Å². The Morgan fingerprint density at radius 1 is 1.29 bits per heavy atom. The number of para-hydroxylation sites is 1. The van der Waals surface area contributed by atoms with Gasteiger partial charge in [0.2, 0.25) is 5.83 Å². The van der Waals surface area contributed by atoms with Crippen LogP contribution in [0.3, 0.4) is 0 Å². The molecule has 8 nitrogen and oxygen atoms in total. The molecule has 0 saturated carbocycles. The molecule has 128 valence electrons. The van der Waals surface area contributed by atoms with Crippen molar-refractivity contribution in [3.05, 3.63) is 42.0 Å². The summed E-state index contributed by atoms with van der Waals surface area (Å²) in [6.07, 6.45) is -3.22. The van der Waals surface area contributed by atoms with Gasteiger partial charge in [-0.1, -0.05) is 18.2 Å². The van der Waals surface area contributed by atoms with Gasteiger partial charge in [0, 0.05) is 12.8 Å². The Bertz CT molecular complexity index is 871. The van der Waals surface area contributed by atoms with Gasteiger partial charge in [0.1, 0.15) is 0 Å². The van der Waals surface area contributed by atoms with Crippen LogP contribution >= 0.6 is 0 Å². The Morgan fingerprint density at radius 3 is 2.58 bits per heavy atom. The van der Waals surface area contributed by atoms with E-state index in [0.717, 1.165) is 7.11 Å². The first-order valence-corrected chi connectivity index (χ1v) is 7.88. The molecule has 0 bridgehead atoms. The van der Waals surface area contributed by atoms with E-state index in [9.17, 15) is 21.6 Å². The molecule has 0 fully saturated rings. The van der Waals surface area contributed by atoms with E-state index in [4.69, 9.17) is 0 Å². The maximum atomic E-state index is 14.4. The first-order valence-electron chi connectivity index (χ1n) is 6.40. The van der Waals surface area contributed by atoms with Crippen molar-refractivity contribution in [1.29, 1.82) is 0 Å². The predicted molar refractivity (Wildman–Crippen MR) is 78.9 cm³/mol. The van der Waals surface area contributed by atoms with Crippen LogP contribution in [0.1, 0.15) is 0 Å². The van der Waals surface area contributed by atoms with E-state index in [2.05, 4.69) is 19.6 Å². The van der Waals surface area contributed by atoms with Crippen LogP contribution in [-0.2, 0) is 14.8 Å². The lowest BCUT2D eigenvalue weighted by atomic mass is 10.3. The van der Waals surface area contributed by atoms with Gasteiger partial charge in [0.15, 0.2) is 5.82 Å². The number of alkyl halides is 1. The van der Waals surface area contributed by atoms with Crippen LogP contribution < -0.4 is 10.0 Å². The quantitative estimate of drug-likeness (QED) is 0.793. The number of halogens is 3. The first-order chi connectivity index (χ1) is 11.3. The van der Waals surface area contributed by atoms with E-state index in [-0.39, 0.29) is 10.7 Å². The predicted octanol–water partition coefficient (Wildman–Crippen LogP) is 1.35. The highest BCUT2D eigenvalue weighted by Gasteiger charge is 2.50. The van der Waals surface area contributed by atoms with Gasteiger partial charge in [-0.05, 0) is 12.1 Å². The van der Waals surface area contributed by atoms with Crippen molar-refractivity contribution < 1.29 is 26.3 Å². The molecule has 1 aromatic rings. The Hall–Kier alpha value is -2.60. The maximum Gasteiger partial charge on any atom is 0.420 e. The second kappa shape index (κ2) is 5.49. The molecule has 1 atom stereocenters. The molecular formula is C12H10F3N5O3S. The number of methoxy groups -OCH3 is 1. The van der Waals surface area contributed by atoms with Crippen LogP contribution in [0.15, 0.2) is 52.1 Å². The third kappa shape index (κ3) is 2.59. The largest absolute Gasteiger partial charge is 0.420 e. The van der Waals surface area contributed by atoms with Gasteiger partial charge in [0.05, 0.1) is 0 Å². The number of rotatable bonds is 3. The molecule has 2 heterocycles. The highest BCUT2D eigenvalue weighted by Crippen LogP contribution is 2.35. The Balaban J connectivity index is 1.96. The van der Waals surface area contributed by atoms with Crippen molar-refractivity contribution >= 4 is 26.8 Å². The van der Waals surface area contributed by atoms with Crippen molar-refractivity contribution in [3.8, 4) is 0 Å². The molecule has 0 radical (unpaired) electrons. The van der Waals surface area contributed by atoms with Crippen LogP contribution in [0, 0.1) is 0 Å². The second-order valence-electron chi connectivity index (χ2n) is 4.61. The van der Waals surface area contributed by atoms with Crippen LogP contribution in [0.2, 0.25) is 0 Å². The summed E-state index contributed by atoms with van der Waals surface area (Å²) in [5, 5.41) is 4.73. The number of aliphatic imine (C=N–C) groups is 1. The number of nitrogens with one attached hydrogen (secondary N) is 2. The molecule has 0 saturated heterocycles. The maximum absolute atomic E-state index is 14.4. The zero-order valence-electron chi connectivity index (χ0n) is 12.0. The zero-order valence-corrected chi connectivity index (χ0v) is 12.8. The molecule has 12 heteroatoms. The zero-order chi connectivity index (χ0) is 17.5. The molecule has 1 aromatic carbocycles. The molecule has 0 amide bonds. The number of allylic oxidation sites excluding steroid dienone is 1. The minimum atomic E-state index is -4.32. The molecule has 2 aliphatic heterocycles. The van der Waals surface area contributed by atoms with Crippen molar-refractivity contribution in [2.24, 2.45) is 10.1 Å². The van der Waals surface area contributed by atoms with E-state index in [1.54, 1.807) is 18.2 Å². The fourth-order valence-corrected chi connectivity index (χ4v) is 2.91. The van der Waals surface area contributed by atoms with Crippen molar-refractivity contribution in [3.63, 3.8) is 0 Å². The van der Waals surface area contributed by atoms with Crippen molar-refractivity contribution in [2.45, 2.75) is 6.10 Å². The van der Waals surface area contributed by atoms with E-state index in [1.165, 1.54) is 12.1 Å². The monoisotopic (exact) mass is 361 g/mol. The molecule has 1 unspecified atom stereocenters.